The summed E-state index contributed by atoms with van der Waals surface area (Å²) in [6.07, 6.45) is -2.28. The first-order valence-corrected chi connectivity index (χ1v) is 3.00. The van der Waals surface area contributed by atoms with Crippen molar-refractivity contribution < 1.29 is 18.8 Å². The summed E-state index contributed by atoms with van der Waals surface area (Å²) in [4.78, 5) is 4.95. The van der Waals surface area contributed by atoms with Crippen molar-refractivity contribution in [3.05, 3.63) is 10.1 Å². The van der Waals surface area contributed by atoms with Gasteiger partial charge in [0.1, 0.15) is 0 Å². The number of hydrogen-bond donors (Lipinski definition) is 1. The van der Waals surface area contributed by atoms with Crippen molar-refractivity contribution >= 4 is 15.9 Å². The maximum absolute atomic E-state index is 11.8. The second-order valence-electron chi connectivity index (χ2n) is 1.57. The second kappa shape index (κ2) is 3.20. The number of halogens is 3. The summed E-state index contributed by atoms with van der Waals surface area (Å²) < 4.78 is 23.7. The Morgan fingerprint density at radius 1 is 1.80 bits per heavy atom. The number of alkyl halides is 3. The molecule has 1 N–H and O–H groups in total. The smallest absolute Gasteiger partial charge is 0.333 e. The van der Waals surface area contributed by atoms with Crippen LogP contribution in [0.5, 0.6) is 0 Å². The minimum Gasteiger partial charge on any atom is -0.380 e. The van der Waals surface area contributed by atoms with E-state index in [1.54, 1.807) is 15.9 Å². The minimum atomic E-state index is -3.58. The Labute approximate surface area is 63.1 Å². The van der Waals surface area contributed by atoms with Crippen molar-refractivity contribution in [2.45, 2.75) is 10.9 Å². The number of rotatable bonds is 3. The molecular weight excluding hydrogens is 216 g/mol. The standard InChI is InChI=1S/C3H4BrF2NO3/c4-3(5,6)2(8)1-7(9)10/h2,8H,1H2. The zero-order valence-corrected chi connectivity index (χ0v) is 6.22. The fourth-order valence-electron chi connectivity index (χ4n) is 0.245. The Bertz CT molecular complexity index is 136. The van der Waals surface area contributed by atoms with Crippen LogP contribution in [0.25, 0.3) is 0 Å². The van der Waals surface area contributed by atoms with E-state index in [2.05, 4.69) is 0 Å². The summed E-state index contributed by atoms with van der Waals surface area (Å²) >= 11 is 1.78. The van der Waals surface area contributed by atoms with Crippen LogP contribution in [0.3, 0.4) is 0 Å². The Hall–Kier alpha value is -0.300. The van der Waals surface area contributed by atoms with Gasteiger partial charge < -0.3 is 5.11 Å². The lowest BCUT2D eigenvalue weighted by molar-refractivity contribution is -0.494. The predicted molar refractivity (Wildman–Crippen MR) is 31.7 cm³/mol. The van der Waals surface area contributed by atoms with Crippen molar-refractivity contribution in [2.24, 2.45) is 0 Å². The molecule has 1 atom stereocenters. The largest absolute Gasteiger partial charge is 0.380 e. The number of aliphatic hydroxyl groups is 1. The van der Waals surface area contributed by atoms with Crippen molar-refractivity contribution in [3.8, 4) is 0 Å². The molecule has 0 aromatic rings. The van der Waals surface area contributed by atoms with E-state index in [1.165, 1.54) is 0 Å². The van der Waals surface area contributed by atoms with Gasteiger partial charge in [-0.2, -0.15) is 8.78 Å². The molecule has 7 heteroatoms. The van der Waals surface area contributed by atoms with E-state index in [0.29, 0.717) is 0 Å². The molecule has 0 amide bonds. The summed E-state index contributed by atoms with van der Waals surface area (Å²) in [5.74, 6) is 0. The normalized spacial score (nSPS) is 14.8. The molecule has 60 valence electrons. The molecule has 0 heterocycles. The first-order valence-electron chi connectivity index (χ1n) is 2.20. The van der Waals surface area contributed by atoms with Gasteiger partial charge in [0.2, 0.25) is 6.54 Å². The third-order valence-corrected chi connectivity index (χ3v) is 1.23. The van der Waals surface area contributed by atoms with E-state index in [9.17, 15) is 18.9 Å². The van der Waals surface area contributed by atoms with Crippen LogP contribution in [0.15, 0.2) is 0 Å². The quantitative estimate of drug-likeness (QED) is 0.430. The van der Waals surface area contributed by atoms with E-state index in [0.717, 1.165) is 0 Å². The molecule has 0 aromatic heterocycles. The fraction of sp³-hybridized carbons (Fsp3) is 1.00. The molecule has 0 spiro atoms. The van der Waals surface area contributed by atoms with Gasteiger partial charge in [-0.1, -0.05) is 0 Å². The Balaban J connectivity index is 3.85. The van der Waals surface area contributed by atoms with E-state index in [1.807, 2.05) is 0 Å². The van der Waals surface area contributed by atoms with Gasteiger partial charge in [0.25, 0.3) is 0 Å². The highest BCUT2D eigenvalue weighted by Crippen LogP contribution is 2.25. The van der Waals surface area contributed by atoms with Crippen molar-refractivity contribution in [1.29, 1.82) is 0 Å². The molecule has 0 rings (SSSR count). The van der Waals surface area contributed by atoms with E-state index >= 15 is 0 Å². The summed E-state index contributed by atoms with van der Waals surface area (Å²) in [7, 11) is 0. The van der Waals surface area contributed by atoms with Gasteiger partial charge in [-0.25, -0.2) is 0 Å². The van der Waals surface area contributed by atoms with E-state index in [4.69, 9.17) is 5.11 Å². The number of nitrogens with zero attached hydrogens (tertiary/aromatic N) is 1. The molecular formula is C3H4BrF2NO3. The van der Waals surface area contributed by atoms with E-state index in [-0.39, 0.29) is 0 Å². The van der Waals surface area contributed by atoms with Gasteiger partial charge in [-0.3, -0.25) is 10.1 Å². The van der Waals surface area contributed by atoms with Gasteiger partial charge >= 0.3 is 4.83 Å². The molecule has 0 aliphatic carbocycles. The molecule has 0 saturated heterocycles. The van der Waals surface area contributed by atoms with Crippen LogP contribution in [-0.2, 0) is 0 Å². The lowest BCUT2D eigenvalue weighted by Gasteiger charge is -2.11. The van der Waals surface area contributed by atoms with Crippen LogP contribution < -0.4 is 0 Å². The van der Waals surface area contributed by atoms with Crippen LogP contribution in [0.4, 0.5) is 8.78 Å². The lowest BCUT2D eigenvalue weighted by atomic mass is 10.4. The summed E-state index contributed by atoms with van der Waals surface area (Å²) in [6, 6.07) is 0. The van der Waals surface area contributed by atoms with Crippen molar-refractivity contribution in [3.63, 3.8) is 0 Å². The van der Waals surface area contributed by atoms with Crippen LogP contribution in [-0.4, -0.2) is 27.5 Å². The summed E-state index contributed by atoms with van der Waals surface area (Å²) in [5.41, 5.74) is 0. The Kier molecular flexibility index (Phi) is 3.10. The molecule has 1 unspecified atom stereocenters. The van der Waals surface area contributed by atoms with E-state index < -0.39 is 22.4 Å². The monoisotopic (exact) mass is 219 g/mol. The first-order chi connectivity index (χ1) is 4.34. The van der Waals surface area contributed by atoms with Crippen LogP contribution in [0, 0.1) is 10.1 Å². The van der Waals surface area contributed by atoms with Gasteiger partial charge in [0.15, 0.2) is 6.10 Å². The number of nitro groups is 1. The third-order valence-electron chi connectivity index (χ3n) is 0.700. The topological polar surface area (TPSA) is 63.4 Å². The summed E-state index contributed by atoms with van der Waals surface area (Å²) in [5, 5.41) is 17.9. The molecule has 0 aliphatic rings. The first kappa shape index (κ1) is 9.70. The average molecular weight is 220 g/mol. The van der Waals surface area contributed by atoms with Crippen LogP contribution in [0.1, 0.15) is 0 Å². The zero-order valence-electron chi connectivity index (χ0n) is 4.63. The maximum atomic E-state index is 11.8. The van der Waals surface area contributed by atoms with Gasteiger partial charge in [-0.05, 0) is 15.9 Å². The number of aliphatic hydroxyl groups excluding tert-OH is 1. The average Bonchev–Trinajstić information content (AvgIpc) is 1.60. The molecule has 4 nitrogen and oxygen atoms in total. The lowest BCUT2D eigenvalue weighted by Crippen LogP contribution is -2.33. The molecule has 0 radical (unpaired) electrons. The molecule has 0 aliphatic heterocycles. The molecule has 0 bridgehead atoms. The van der Waals surface area contributed by atoms with Gasteiger partial charge in [0.05, 0.1) is 0 Å². The highest BCUT2D eigenvalue weighted by molar-refractivity contribution is 9.10. The van der Waals surface area contributed by atoms with Crippen LogP contribution >= 0.6 is 15.9 Å². The number of hydrogen-bond acceptors (Lipinski definition) is 3. The SMILES string of the molecule is O=[N+]([O-])CC(O)C(F)(F)Br. The van der Waals surface area contributed by atoms with Crippen molar-refractivity contribution in [1.82, 2.24) is 0 Å². The van der Waals surface area contributed by atoms with Gasteiger partial charge in [-0.15, -0.1) is 0 Å². The van der Waals surface area contributed by atoms with Crippen LogP contribution in [0.2, 0.25) is 0 Å². The molecule has 0 aromatic carbocycles. The fourth-order valence-corrected chi connectivity index (χ4v) is 0.389. The van der Waals surface area contributed by atoms with Crippen molar-refractivity contribution in [2.75, 3.05) is 6.54 Å². The Morgan fingerprint density at radius 3 is 2.30 bits per heavy atom. The Morgan fingerprint density at radius 2 is 2.20 bits per heavy atom. The molecule has 10 heavy (non-hydrogen) atoms. The summed E-state index contributed by atoms with van der Waals surface area (Å²) in [6.45, 7) is -1.17. The van der Waals surface area contributed by atoms with Gasteiger partial charge in [0, 0.05) is 4.92 Å². The molecule has 0 fully saturated rings. The zero-order chi connectivity index (χ0) is 8.36. The highest BCUT2D eigenvalue weighted by Gasteiger charge is 2.38. The maximum Gasteiger partial charge on any atom is 0.333 e. The third kappa shape index (κ3) is 3.67. The second-order valence-corrected chi connectivity index (χ2v) is 2.63. The highest BCUT2D eigenvalue weighted by atomic mass is 79.9. The minimum absolute atomic E-state index is 1.01. The molecule has 0 saturated carbocycles. The predicted octanol–water partition coefficient (Wildman–Crippen LogP) is 0.612.